The summed E-state index contributed by atoms with van der Waals surface area (Å²) in [7, 11) is 1.54. The number of ketones is 1. The Bertz CT molecular complexity index is 938. The molecule has 29 heavy (non-hydrogen) atoms. The number of anilines is 1. The Morgan fingerprint density at radius 1 is 1.24 bits per heavy atom. The Hall–Kier alpha value is -2.79. The van der Waals surface area contributed by atoms with Crippen LogP contribution in [0.15, 0.2) is 48.0 Å². The normalized spacial score (nSPS) is 17.8. The number of halogens is 1. The van der Waals surface area contributed by atoms with Gasteiger partial charge >= 0.3 is 0 Å². The third-order valence-electron chi connectivity index (χ3n) is 4.88. The molecule has 1 aliphatic rings. The van der Waals surface area contributed by atoms with Gasteiger partial charge in [0.05, 0.1) is 17.8 Å². The van der Waals surface area contributed by atoms with Gasteiger partial charge in [0, 0.05) is 5.92 Å². The SMILES string of the molecule is COc1cc(/C=C2\CCC[C@@H](C)C2=O)ccc1OCC(=O)Nc1ccccc1Cl. The predicted octanol–water partition coefficient (Wildman–Crippen LogP) is 5.14. The molecule has 0 heterocycles. The zero-order valence-corrected chi connectivity index (χ0v) is 17.3. The fourth-order valence-corrected chi connectivity index (χ4v) is 3.48. The van der Waals surface area contributed by atoms with E-state index in [0.717, 1.165) is 30.4 Å². The number of para-hydroxylation sites is 1. The lowest BCUT2D eigenvalue weighted by Gasteiger charge is -2.19. The van der Waals surface area contributed by atoms with Gasteiger partial charge in [-0.3, -0.25) is 9.59 Å². The van der Waals surface area contributed by atoms with Crippen LogP contribution in [0.25, 0.3) is 6.08 Å². The quantitative estimate of drug-likeness (QED) is 0.666. The molecule has 1 fully saturated rings. The Morgan fingerprint density at radius 3 is 2.79 bits per heavy atom. The number of Topliss-reactive ketones (excluding diaryl/α,β-unsaturated/α-hetero) is 1. The third kappa shape index (κ3) is 5.39. The first-order valence-corrected chi connectivity index (χ1v) is 9.95. The maximum Gasteiger partial charge on any atom is 0.262 e. The minimum Gasteiger partial charge on any atom is -0.493 e. The van der Waals surface area contributed by atoms with E-state index in [2.05, 4.69) is 5.32 Å². The van der Waals surface area contributed by atoms with Gasteiger partial charge in [-0.15, -0.1) is 0 Å². The molecule has 0 unspecified atom stereocenters. The van der Waals surface area contributed by atoms with E-state index in [1.54, 1.807) is 36.4 Å². The Morgan fingerprint density at radius 2 is 2.03 bits per heavy atom. The second-order valence-corrected chi connectivity index (χ2v) is 7.46. The Kier molecular flexibility index (Phi) is 6.94. The molecular formula is C23H24ClNO4. The van der Waals surface area contributed by atoms with Gasteiger partial charge in [0.15, 0.2) is 23.9 Å². The van der Waals surface area contributed by atoms with Crippen molar-refractivity contribution in [1.82, 2.24) is 0 Å². The summed E-state index contributed by atoms with van der Waals surface area (Å²) in [6.45, 7) is 1.79. The van der Waals surface area contributed by atoms with Crippen LogP contribution in [-0.4, -0.2) is 25.4 Å². The number of hydrogen-bond acceptors (Lipinski definition) is 4. The lowest BCUT2D eigenvalue weighted by Crippen LogP contribution is -2.20. The maximum atomic E-state index is 12.3. The van der Waals surface area contributed by atoms with E-state index >= 15 is 0 Å². The number of nitrogens with one attached hydrogen (secondary N) is 1. The molecule has 0 aliphatic heterocycles. The van der Waals surface area contributed by atoms with E-state index in [1.807, 2.05) is 19.1 Å². The largest absolute Gasteiger partial charge is 0.493 e. The maximum absolute atomic E-state index is 12.3. The number of carbonyl (C=O) groups excluding carboxylic acids is 2. The van der Waals surface area contributed by atoms with Gasteiger partial charge in [0.1, 0.15) is 0 Å². The molecule has 2 aromatic carbocycles. The van der Waals surface area contributed by atoms with Gasteiger partial charge in [-0.05, 0) is 60.7 Å². The van der Waals surface area contributed by atoms with Gasteiger partial charge < -0.3 is 14.8 Å². The van der Waals surface area contributed by atoms with Crippen LogP contribution in [0.1, 0.15) is 31.7 Å². The lowest BCUT2D eigenvalue weighted by molar-refractivity contribution is -0.120. The molecule has 3 rings (SSSR count). The molecule has 5 nitrogen and oxygen atoms in total. The zero-order chi connectivity index (χ0) is 20.8. The van der Waals surface area contributed by atoms with E-state index in [0.29, 0.717) is 22.2 Å². The number of amides is 1. The van der Waals surface area contributed by atoms with Crippen LogP contribution in [-0.2, 0) is 9.59 Å². The van der Waals surface area contributed by atoms with E-state index in [-0.39, 0.29) is 24.2 Å². The molecule has 1 saturated carbocycles. The first-order valence-electron chi connectivity index (χ1n) is 9.58. The van der Waals surface area contributed by atoms with E-state index < -0.39 is 0 Å². The minimum absolute atomic E-state index is 0.0798. The zero-order valence-electron chi connectivity index (χ0n) is 16.5. The second-order valence-electron chi connectivity index (χ2n) is 7.05. The molecule has 6 heteroatoms. The first kappa shape index (κ1) is 20.9. The number of benzene rings is 2. The van der Waals surface area contributed by atoms with Gasteiger partial charge in [-0.2, -0.15) is 0 Å². The second kappa shape index (κ2) is 9.61. The average Bonchev–Trinajstić information content (AvgIpc) is 2.72. The smallest absolute Gasteiger partial charge is 0.262 e. The van der Waals surface area contributed by atoms with Gasteiger partial charge in [0.2, 0.25) is 0 Å². The summed E-state index contributed by atoms with van der Waals surface area (Å²) in [5.41, 5.74) is 2.24. The molecular weight excluding hydrogens is 390 g/mol. The fraction of sp³-hybridized carbons (Fsp3) is 0.304. The van der Waals surface area contributed by atoms with Crippen molar-refractivity contribution in [1.29, 1.82) is 0 Å². The van der Waals surface area contributed by atoms with Gasteiger partial charge in [-0.25, -0.2) is 0 Å². The topological polar surface area (TPSA) is 64.6 Å². The summed E-state index contributed by atoms with van der Waals surface area (Å²) < 4.78 is 11.0. The average molecular weight is 414 g/mol. The molecule has 0 aromatic heterocycles. The van der Waals surface area contributed by atoms with Crippen molar-refractivity contribution in [2.45, 2.75) is 26.2 Å². The fourth-order valence-electron chi connectivity index (χ4n) is 3.30. The molecule has 1 amide bonds. The van der Waals surface area contributed by atoms with Crippen molar-refractivity contribution >= 4 is 35.1 Å². The van der Waals surface area contributed by atoms with Gasteiger partial charge in [0.25, 0.3) is 5.91 Å². The molecule has 152 valence electrons. The van der Waals surface area contributed by atoms with Crippen LogP contribution in [0.4, 0.5) is 5.69 Å². The predicted molar refractivity (Wildman–Crippen MR) is 115 cm³/mol. The van der Waals surface area contributed by atoms with Crippen molar-refractivity contribution in [2.24, 2.45) is 5.92 Å². The third-order valence-corrected chi connectivity index (χ3v) is 5.21. The summed E-state index contributed by atoms with van der Waals surface area (Å²) in [6.07, 6.45) is 4.68. The van der Waals surface area contributed by atoms with E-state index in [4.69, 9.17) is 21.1 Å². The van der Waals surface area contributed by atoms with Gasteiger partial charge in [-0.1, -0.05) is 36.7 Å². The number of hydrogen-bond donors (Lipinski definition) is 1. The number of rotatable bonds is 6. The molecule has 1 atom stereocenters. The summed E-state index contributed by atoms with van der Waals surface area (Å²) in [5, 5.41) is 3.17. The summed E-state index contributed by atoms with van der Waals surface area (Å²) in [6, 6.07) is 12.4. The summed E-state index contributed by atoms with van der Waals surface area (Å²) in [5.74, 6) is 0.921. The number of ether oxygens (including phenoxy) is 2. The van der Waals surface area contributed by atoms with Crippen molar-refractivity contribution in [3.05, 3.63) is 58.6 Å². The van der Waals surface area contributed by atoms with Crippen molar-refractivity contribution in [3.8, 4) is 11.5 Å². The highest BCUT2D eigenvalue weighted by atomic mass is 35.5. The Labute approximate surface area is 175 Å². The number of methoxy groups -OCH3 is 1. The number of carbonyl (C=O) groups is 2. The molecule has 0 radical (unpaired) electrons. The van der Waals surface area contributed by atoms with Crippen LogP contribution >= 0.6 is 11.6 Å². The van der Waals surface area contributed by atoms with Crippen LogP contribution < -0.4 is 14.8 Å². The summed E-state index contributed by atoms with van der Waals surface area (Å²) >= 11 is 6.04. The standard InChI is InChI=1S/C23H24ClNO4/c1-15-6-5-7-17(23(15)27)12-16-10-11-20(21(13-16)28-2)29-14-22(26)25-19-9-4-3-8-18(19)24/h3-4,8-13,15H,5-7,14H2,1-2H3,(H,25,26)/b17-12+/t15-/m1/s1. The molecule has 0 spiro atoms. The Balaban J connectivity index is 1.67. The molecule has 0 saturated heterocycles. The molecule has 2 aromatic rings. The highest BCUT2D eigenvalue weighted by Crippen LogP contribution is 2.31. The highest BCUT2D eigenvalue weighted by molar-refractivity contribution is 6.33. The monoisotopic (exact) mass is 413 g/mol. The van der Waals surface area contributed by atoms with Crippen LogP contribution in [0, 0.1) is 5.92 Å². The van der Waals surface area contributed by atoms with Crippen molar-refractivity contribution in [2.75, 3.05) is 19.0 Å². The van der Waals surface area contributed by atoms with Crippen molar-refractivity contribution in [3.63, 3.8) is 0 Å². The van der Waals surface area contributed by atoms with E-state index in [1.165, 1.54) is 7.11 Å². The highest BCUT2D eigenvalue weighted by Gasteiger charge is 2.22. The molecule has 1 aliphatic carbocycles. The van der Waals surface area contributed by atoms with Crippen LogP contribution in [0.5, 0.6) is 11.5 Å². The molecule has 0 bridgehead atoms. The van der Waals surface area contributed by atoms with Crippen LogP contribution in [0.3, 0.4) is 0 Å². The first-order chi connectivity index (χ1) is 14.0. The number of allylic oxidation sites excluding steroid dienone is 1. The lowest BCUT2D eigenvalue weighted by atomic mass is 9.84. The minimum atomic E-state index is -0.326. The summed E-state index contributed by atoms with van der Waals surface area (Å²) in [4.78, 5) is 24.5. The molecule has 1 N–H and O–H groups in total. The van der Waals surface area contributed by atoms with Crippen molar-refractivity contribution < 1.29 is 19.1 Å². The van der Waals surface area contributed by atoms with Crippen LogP contribution in [0.2, 0.25) is 5.02 Å². The van der Waals surface area contributed by atoms with E-state index in [9.17, 15) is 9.59 Å².